The Labute approximate surface area is 169 Å². The third-order valence-corrected chi connectivity index (χ3v) is 6.22. The van der Waals surface area contributed by atoms with E-state index in [2.05, 4.69) is 115 Å². The third kappa shape index (κ3) is 3.14. The van der Waals surface area contributed by atoms with Crippen LogP contribution in [0.5, 0.6) is 0 Å². The zero-order valence-electron chi connectivity index (χ0n) is 15.6. The average molecular weight is 378 g/mol. The second kappa shape index (κ2) is 7.09. The van der Waals surface area contributed by atoms with Gasteiger partial charge in [0, 0.05) is 11.9 Å². The van der Waals surface area contributed by atoms with Gasteiger partial charge in [-0.2, -0.15) is 0 Å². The normalized spacial score (nSPS) is 12.8. The van der Waals surface area contributed by atoms with Gasteiger partial charge in [-0.15, -0.1) is 0 Å². The van der Waals surface area contributed by atoms with Gasteiger partial charge in [-0.25, -0.2) is 0 Å². The molecule has 0 fully saturated rings. The lowest BCUT2D eigenvalue weighted by atomic mass is 10.1. The number of anilines is 1. The summed E-state index contributed by atoms with van der Waals surface area (Å²) in [5, 5.41) is 3.64. The number of hydrogen-bond acceptors (Lipinski definition) is 2. The molecule has 0 amide bonds. The molecule has 5 rings (SSSR count). The Morgan fingerprint density at radius 2 is 1.54 bits per heavy atom. The van der Waals surface area contributed by atoms with E-state index in [1.54, 1.807) is 11.8 Å². The van der Waals surface area contributed by atoms with Crippen LogP contribution in [0.1, 0.15) is 5.56 Å². The number of benzene rings is 4. The van der Waals surface area contributed by atoms with E-state index in [1.165, 1.54) is 38.0 Å². The molecular formula is C26H19NS. The molecule has 1 nitrogen and oxygen atoms in total. The van der Waals surface area contributed by atoms with Gasteiger partial charge < -0.3 is 4.90 Å². The van der Waals surface area contributed by atoms with Crippen LogP contribution in [0, 0.1) is 0 Å². The average Bonchev–Trinajstić information content (AvgIpc) is 3.08. The van der Waals surface area contributed by atoms with E-state index in [0.717, 1.165) is 5.03 Å². The molecule has 0 spiro atoms. The fourth-order valence-corrected chi connectivity index (χ4v) is 4.52. The molecule has 0 unspecified atom stereocenters. The second-order valence-electron chi connectivity index (χ2n) is 6.91. The molecule has 0 atom stereocenters. The number of rotatable bonds is 2. The van der Waals surface area contributed by atoms with Crippen LogP contribution in [0.15, 0.2) is 107 Å². The van der Waals surface area contributed by atoms with Crippen molar-refractivity contribution in [2.24, 2.45) is 0 Å². The summed E-state index contributed by atoms with van der Waals surface area (Å²) in [7, 11) is 2.12. The summed E-state index contributed by atoms with van der Waals surface area (Å²) in [4.78, 5) is 3.50. The number of fused-ring (bicyclic) bond motifs is 2. The van der Waals surface area contributed by atoms with E-state index in [1.807, 2.05) is 0 Å². The van der Waals surface area contributed by atoms with Gasteiger partial charge in [0.1, 0.15) is 5.03 Å². The zero-order chi connectivity index (χ0) is 18.9. The minimum Gasteiger partial charge on any atom is -0.332 e. The maximum Gasteiger partial charge on any atom is 0.124 e. The van der Waals surface area contributed by atoms with Crippen molar-refractivity contribution in [2.75, 3.05) is 11.9 Å². The molecule has 4 aromatic carbocycles. The lowest BCUT2D eigenvalue weighted by Gasteiger charge is -2.13. The molecule has 4 aromatic rings. The molecule has 2 heteroatoms. The van der Waals surface area contributed by atoms with Crippen LogP contribution in [0.25, 0.3) is 28.0 Å². The third-order valence-electron chi connectivity index (χ3n) is 5.07. The summed E-state index contributed by atoms with van der Waals surface area (Å²) < 4.78 is 0. The van der Waals surface area contributed by atoms with E-state index >= 15 is 0 Å². The minimum atomic E-state index is 1.12. The van der Waals surface area contributed by atoms with Crippen LogP contribution in [0.4, 0.5) is 5.69 Å². The Bertz CT molecular complexity index is 1230. The maximum atomic E-state index is 3.50. The van der Waals surface area contributed by atoms with Crippen molar-refractivity contribution in [3.63, 3.8) is 0 Å². The molecule has 0 saturated heterocycles. The summed E-state index contributed by atoms with van der Waals surface area (Å²) in [5.74, 6) is 0. The first-order valence-electron chi connectivity index (χ1n) is 9.34. The predicted molar refractivity (Wildman–Crippen MR) is 122 cm³/mol. The molecule has 0 aliphatic carbocycles. The van der Waals surface area contributed by atoms with Crippen molar-refractivity contribution in [2.45, 2.75) is 4.90 Å². The number of nitrogens with zero attached hydrogens (tertiary/aromatic N) is 1. The Morgan fingerprint density at radius 1 is 0.750 bits per heavy atom. The van der Waals surface area contributed by atoms with Crippen molar-refractivity contribution in [1.82, 2.24) is 0 Å². The topological polar surface area (TPSA) is 3.24 Å². The predicted octanol–water partition coefficient (Wildman–Crippen LogP) is 7.20. The highest BCUT2D eigenvalue weighted by Gasteiger charge is 2.22. The van der Waals surface area contributed by atoms with Gasteiger partial charge in [0.05, 0.1) is 5.69 Å². The second-order valence-corrected chi connectivity index (χ2v) is 7.94. The largest absolute Gasteiger partial charge is 0.332 e. The molecule has 0 aromatic heterocycles. The standard InChI is InChI=1S/C26H19NS/c1-27-24-18-23(20-7-3-2-4-8-20)14-15-25(24)28-26(27)16-12-19-11-13-21-9-5-6-10-22(21)17-19/h2-15,17-18H,1H3. The summed E-state index contributed by atoms with van der Waals surface area (Å²) in [6.07, 6.45) is 2.08. The van der Waals surface area contributed by atoms with Crippen LogP contribution in [0.2, 0.25) is 0 Å². The Balaban J connectivity index is 1.48. The Hall–Kier alpha value is -3.19. The summed E-state index contributed by atoms with van der Waals surface area (Å²) in [6, 6.07) is 32.2. The van der Waals surface area contributed by atoms with E-state index in [0.29, 0.717) is 0 Å². The summed E-state index contributed by atoms with van der Waals surface area (Å²) >= 11 is 1.77. The highest BCUT2D eigenvalue weighted by molar-refractivity contribution is 8.03. The molecule has 0 saturated carbocycles. The van der Waals surface area contributed by atoms with Gasteiger partial charge >= 0.3 is 0 Å². The first-order chi connectivity index (χ1) is 13.8. The highest BCUT2D eigenvalue weighted by atomic mass is 32.2. The van der Waals surface area contributed by atoms with Crippen molar-refractivity contribution >= 4 is 34.3 Å². The van der Waals surface area contributed by atoms with Gasteiger partial charge in [-0.05, 0) is 51.7 Å². The molecule has 28 heavy (non-hydrogen) atoms. The lowest BCUT2D eigenvalue weighted by molar-refractivity contribution is 1.18. The van der Waals surface area contributed by atoms with Gasteiger partial charge in [-0.1, -0.05) is 90.3 Å². The quantitative estimate of drug-likeness (QED) is 0.340. The van der Waals surface area contributed by atoms with E-state index in [-0.39, 0.29) is 0 Å². The van der Waals surface area contributed by atoms with Crippen LogP contribution < -0.4 is 4.90 Å². The van der Waals surface area contributed by atoms with Crippen molar-refractivity contribution in [1.29, 1.82) is 0 Å². The van der Waals surface area contributed by atoms with Crippen molar-refractivity contribution in [3.05, 3.63) is 107 Å². The molecule has 0 bridgehead atoms. The fourth-order valence-electron chi connectivity index (χ4n) is 3.53. The molecule has 1 aliphatic rings. The molecule has 134 valence electrons. The number of hydrogen-bond donors (Lipinski definition) is 0. The summed E-state index contributed by atoms with van der Waals surface area (Å²) in [6.45, 7) is 0. The van der Waals surface area contributed by atoms with E-state index < -0.39 is 0 Å². The first-order valence-corrected chi connectivity index (χ1v) is 10.2. The minimum absolute atomic E-state index is 1.12. The number of thioether (sulfide) groups is 1. The van der Waals surface area contributed by atoms with Crippen molar-refractivity contribution in [3.8, 4) is 11.1 Å². The van der Waals surface area contributed by atoms with E-state index in [9.17, 15) is 0 Å². The lowest BCUT2D eigenvalue weighted by Crippen LogP contribution is -2.08. The molecule has 1 heterocycles. The van der Waals surface area contributed by atoms with Gasteiger partial charge in [0.25, 0.3) is 0 Å². The molecule has 1 aliphatic heterocycles. The molecule has 0 radical (unpaired) electrons. The van der Waals surface area contributed by atoms with E-state index in [4.69, 9.17) is 0 Å². The Kier molecular flexibility index (Phi) is 4.29. The zero-order valence-corrected chi connectivity index (χ0v) is 16.4. The monoisotopic (exact) mass is 377 g/mol. The Morgan fingerprint density at radius 3 is 2.39 bits per heavy atom. The fraction of sp³-hybridized carbons (Fsp3) is 0.0385. The molecular weight excluding hydrogens is 358 g/mol. The van der Waals surface area contributed by atoms with Crippen LogP contribution in [-0.2, 0) is 0 Å². The van der Waals surface area contributed by atoms with Crippen LogP contribution in [0.3, 0.4) is 0 Å². The molecule has 0 N–H and O–H groups in total. The van der Waals surface area contributed by atoms with Crippen LogP contribution in [-0.4, -0.2) is 7.05 Å². The van der Waals surface area contributed by atoms with Crippen LogP contribution >= 0.6 is 11.8 Å². The maximum absolute atomic E-state index is 3.50. The van der Waals surface area contributed by atoms with Gasteiger partial charge in [0.2, 0.25) is 0 Å². The SMILES string of the molecule is CN1C(=C=Cc2ccc3ccccc3c2)Sc2ccc(-c3ccccc3)cc21. The van der Waals surface area contributed by atoms with Gasteiger partial charge in [-0.3, -0.25) is 0 Å². The van der Waals surface area contributed by atoms with Gasteiger partial charge in [0.15, 0.2) is 0 Å². The van der Waals surface area contributed by atoms with Crippen molar-refractivity contribution < 1.29 is 0 Å². The smallest absolute Gasteiger partial charge is 0.124 e. The highest BCUT2D eigenvalue weighted by Crippen LogP contribution is 2.46. The summed E-state index contributed by atoms with van der Waals surface area (Å²) in [5.41, 5.74) is 8.39. The first kappa shape index (κ1) is 16.9.